The van der Waals surface area contributed by atoms with Crippen molar-refractivity contribution < 1.29 is 4.74 Å². The summed E-state index contributed by atoms with van der Waals surface area (Å²) in [5, 5.41) is 3.58. The van der Waals surface area contributed by atoms with Crippen molar-refractivity contribution in [2.24, 2.45) is 10.4 Å². The molecular formula is C40H57N5O. The quantitative estimate of drug-likeness (QED) is 0.143. The molecule has 1 fully saturated rings. The van der Waals surface area contributed by atoms with E-state index in [4.69, 9.17) is 14.7 Å². The predicted molar refractivity (Wildman–Crippen MR) is 197 cm³/mol. The van der Waals surface area contributed by atoms with Crippen LogP contribution in [0.1, 0.15) is 110 Å². The highest BCUT2D eigenvalue weighted by atomic mass is 16.5. The topological polar surface area (TPSA) is 54.7 Å². The van der Waals surface area contributed by atoms with Crippen LogP contribution in [0, 0.1) is 5.41 Å². The number of nitrogens with zero attached hydrogens (tertiary/aromatic N) is 4. The van der Waals surface area contributed by atoms with Crippen molar-refractivity contribution in [3.8, 4) is 11.3 Å². The van der Waals surface area contributed by atoms with Gasteiger partial charge in [0.25, 0.3) is 0 Å². The molecule has 3 heterocycles. The van der Waals surface area contributed by atoms with Crippen LogP contribution in [0.4, 0.5) is 0 Å². The van der Waals surface area contributed by atoms with Crippen LogP contribution in [0.2, 0.25) is 0 Å². The van der Waals surface area contributed by atoms with Crippen LogP contribution in [0.25, 0.3) is 27.9 Å². The molecule has 248 valence electrons. The predicted octanol–water partition coefficient (Wildman–Crippen LogP) is 10.1. The smallest absolute Gasteiger partial charge is 0.0969 e. The van der Waals surface area contributed by atoms with Crippen molar-refractivity contribution in [1.82, 2.24) is 20.0 Å². The first-order valence-corrected chi connectivity index (χ1v) is 17.1. The van der Waals surface area contributed by atoms with Crippen molar-refractivity contribution in [3.63, 3.8) is 0 Å². The van der Waals surface area contributed by atoms with Gasteiger partial charge in [0, 0.05) is 66.3 Å². The van der Waals surface area contributed by atoms with E-state index in [0.29, 0.717) is 0 Å². The van der Waals surface area contributed by atoms with Gasteiger partial charge >= 0.3 is 0 Å². The molecule has 6 nitrogen and oxygen atoms in total. The van der Waals surface area contributed by atoms with E-state index < -0.39 is 0 Å². The number of aromatic nitrogens is 2. The van der Waals surface area contributed by atoms with Gasteiger partial charge in [0.15, 0.2) is 0 Å². The van der Waals surface area contributed by atoms with Crippen LogP contribution < -0.4 is 5.43 Å². The van der Waals surface area contributed by atoms with Crippen LogP contribution in [0.3, 0.4) is 0 Å². The molecule has 3 aromatic rings. The Hall–Kier alpha value is -3.48. The molecule has 1 saturated heterocycles. The number of fused-ring (bicyclic) bond motifs is 1. The molecule has 0 radical (unpaired) electrons. The van der Waals surface area contributed by atoms with Crippen LogP contribution in [0.5, 0.6) is 0 Å². The van der Waals surface area contributed by atoms with Crippen molar-refractivity contribution >= 4 is 22.3 Å². The van der Waals surface area contributed by atoms with E-state index >= 15 is 0 Å². The first kappa shape index (κ1) is 35.4. The van der Waals surface area contributed by atoms with Crippen molar-refractivity contribution in [2.45, 2.75) is 113 Å². The van der Waals surface area contributed by atoms with Gasteiger partial charge in [-0.2, -0.15) is 0 Å². The largest absolute Gasteiger partial charge is 0.375 e. The molecule has 2 unspecified atom stereocenters. The van der Waals surface area contributed by atoms with Crippen LogP contribution in [-0.2, 0) is 17.7 Å². The highest BCUT2D eigenvalue weighted by Crippen LogP contribution is 2.42. The lowest BCUT2D eigenvalue weighted by molar-refractivity contribution is 0.116. The fraction of sp³-hybridized carbons (Fsp3) is 0.500. The van der Waals surface area contributed by atoms with Crippen LogP contribution in [-0.4, -0.2) is 40.0 Å². The third-order valence-electron chi connectivity index (χ3n) is 9.39. The van der Waals surface area contributed by atoms with E-state index in [-0.39, 0.29) is 17.6 Å². The minimum atomic E-state index is -0.111. The summed E-state index contributed by atoms with van der Waals surface area (Å²) in [5.74, 6) is 0. The highest BCUT2D eigenvalue weighted by Gasteiger charge is 2.28. The average Bonchev–Trinajstić information content (AvgIpc) is 3.33. The molecule has 1 aliphatic heterocycles. The number of benzene rings is 1. The fourth-order valence-electron chi connectivity index (χ4n) is 7.08. The second-order valence-corrected chi connectivity index (χ2v) is 13.8. The molecular weight excluding hydrogens is 566 g/mol. The molecule has 2 aromatic heterocycles. The molecule has 1 N–H and O–H groups in total. The minimum absolute atomic E-state index is 0.111. The number of ether oxygens (including phenoxy) is 1. The summed E-state index contributed by atoms with van der Waals surface area (Å²) in [6.45, 7) is 28.1. The molecule has 46 heavy (non-hydrogen) atoms. The lowest BCUT2D eigenvalue weighted by Gasteiger charge is -2.37. The number of pyridine rings is 1. The second kappa shape index (κ2) is 15.4. The molecule has 0 aliphatic carbocycles. The maximum atomic E-state index is 5.80. The van der Waals surface area contributed by atoms with Gasteiger partial charge in [0.05, 0.1) is 29.2 Å². The Balaban J connectivity index is 1.84. The summed E-state index contributed by atoms with van der Waals surface area (Å²) < 4.78 is 8.28. The number of methoxy groups -OCH3 is 1. The number of allylic oxidation sites excluding steroid dienone is 2. The Morgan fingerprint density at radius 3 is 2.61 bits per heavy atom. The van der Waals surface area contributed by atoms with Gasteiger partial charge in [-0.05, 0) is 95.5 Å². The highest BCUT2D eigenvalue weighted by molar-refractivity contribution is 5.96. The number of hydrogen-bond acceptors (Lipinski definition) is 5. The molecule has 1 aromatic carbocycles. The normalized spacial score (nSPS) is 16.5. The standard InChI is InChI=1S/C40H57N5O/c1-12-21-40(9,10)26-34-33-25-31(35(13-2)42-29(7)24-37(27(4)5)45-23-16-17-28(6)43-45)19-20-36(33)44(14-3)39(34)32-18-15-22-41-38(32)30(8)46-11/h13,15,18-20,22,25,30,37,43H,4,6,12,14,16-17,21,23-24,26H2,1-3,5,7-11H3/b35-13-,42-29?. The van der Waals surface area contributed by atoms with Crippen molar-refractivity contribution in [3.05, 3.63) is 83.9 Å². The summed E-state index contributed by atoms with van der Waals surface area (Å²) in [6.07, 6.45) is 10.1. The van der Waals surface area contributed by atoms with Gasteiger partial charge in [0.1, 0.15) is 0 Å². The van der Waals surface area contributed by atoms with Gasteiger partial charge in [-0.1, -0.05) is 58.1 Å². The van der Waals surface area contributed by atoms with Gasteiger partial charge < -0.3 is 14.7 Å². The molecule has 6 heteroatoms. The maximum absolute atomic E-state index is 5.80. The van der Waals surface area contributed by atoms with Crippen molar-refractivity contribution in [2.75, 3.05) is 13.7 Å². The molecule has 0 saturated carbocycles. The second-order valence-electron chi connectivity index (χ2n) is 13.8. The van der Waals surface area contributed by atoms with E-state index in [1.54, 1.807) is 7.11 Å². The number of hydrazine groups is 1. The molecule has 0 bridgehead atoms. The fourth-order valence-corrected chi connectivity index (χ4v) is 7.08. The molecule has 1 aliphatic rings. The summed E-state index contributed by atoms with van der Waals surface area (Å²) in [5.41, 5.74) is 15.1. The first-order valence-electron chi connectivity index (χ1n) is 17.1. The van der Waals surface area contributed by atoms with E-state index in [1.165, 1.54) is 22.2 Å². The Labute approximate surface area is 278 Å². The zero-order valence-corrected chi connectivity index (χ0v) is 30.0. The lowest BCUT2D eigenvalue weighted by atomic mass is 9.80. The van der Waals surface area contributed by atoms with Crippen LogP contribution >= 0.6 is 0 Å². The van der Waals surface area contributed by atoms with E-state index in [2.05, 4.69) is 114 Å². The van der Waals surface area contributed by atoms with Gasteiger partial charge in [-0.25, -0.2) is 5.01 Å². The SMILES string of the molecule is C=C1CCCN(C(CC(C)=N/C(=C\C)c2ccc3c(c2)c(CC(C)(C)CCC)c(-c2cccnc2C(C)OC)n3CC)C(=C)C)N1. The molecule has 0 spiro atoms. The Morgan fingerprint density at radius 1 is 1.22 bits per heavy atom. The molecule has 4 rings (SSSR count). The van der Waals surface area contributed by atoms with Gasteiger partial charge in [-0.3, -0.25) is 9.98 Å². The van der Waals surface area contributed by atoms with Crippen molar-refractivity contribution in [1.29, 1.82) is 0 Å². The summed E-state index contributed by atoms with van der Waals surface area (Å²) in [7, 11) is 1.76. The molecule has 0 amide bonds. The number of nitrogens with one attached hydrogen (secondary N) is 1. The first-order chi connectivity index (χ1) is 21.9. The third-order valence-corrected chi connectivity index (χ3v) is 9.39. The summed E-state index contributed by atoms with van der Waals surface area (Å²) in [4.78, 5) is 10.1. The van der Waals surface area contributed by atoms with E-state index in [9.17, 15) is 0 Å². The monoisotopic (exact) mass is 623 g/mol. The van der Waals surface area contributed by atoms with Gasteiger partial charge in [0.2, 0.25) is 0 Å². The third kappa shape index (κ3) is 7.90. The number of aryl methyl sites for hydroxylation is 1. The Bertz CT molecular complexity index is 1610. The average molecular weight is 624 g/mol. The number of rotatable bonds is 14. The zero-order chi connectivity index (χ0) is 33.6. The zero-order valence-electron chi connectivity index (χ0n) is 30.0. The summed E-state index contributed by atoms with van der Waals surface area (Å²) in [6, 6.07) is 11.3. The lowest BCUT2D eigenvalue weighted by Crippen LogP contribution is -2.49. The van der Waals surface area contributed by atoms with E-state index in [0.717, 1.165) is 91.1 Å². The Morgan fingerprint density at radius 2 is 1.98 bits per heavy atom. The number of aliphatic imine (C=N–C) groups is 1. The van der Waals surface area contributed by atoms with Crippen LogP contribution in [0.15, 0.2) is 72.0 Å². The van der Waals surface area contributed by atoms with Gasteiger partial charge in [-0.15, -0.1) is 0 Å². The summed E-state index contributed by atoms with van der Waals surface area (Å²) >= 11 is 0. The molecule has 2 atom stereocenters. The maximum Gasteiger partial charge on any atom is 0.0969 e. The Kier molecular flexibility index (Phi) is 11.8. The minimum Gasteiger partial charge on any atom is -0.375 e. The van der Waals surface area contributed by atoms with E-state index in [1.807, 2.05) is 12.3 Å². The number of hydrogen-bond donors (Lipinski definition) is 1.